The molecule has 0 spiro atoms. The van der Waals surface area contributed by atoms with Crippen LogP contribution in [0.2, 0.25) is 10.3 Å². The van der Waals surface area contributed by atoms with Gasteiger partial charge in [-0.15, -0.1) is 0 Å². The van der Waals surface area contributed by atoms with Crippen molar-refractivity contribution in [2.24, 2.45) is 0 Å². The molecule has 0 bridgehead atoms. The Kier molecular flexibility index (Phi) is 2.79. The normalized spacial score (nSPS) is 12.1. The number of aromatic amines is 1. The number of nitrogens with zero attached hydrogens (tertiary/aromatic N) is 1. The van der Waals surface area contributed by atoms with E-state index in [4.69, 9.17) is 23.2 Å². The lowest BCUT2D eigenvalue weighted by Crippen LogP contribution is -2.14. The average molecular weight is 283 g/mol. The first-order chi connectivity index (χ1) is 7.79. The van der Waals surface area contributed by atoms with E-state index in [1.807, 2.05) is 0 Å². The van der Waals surface area contributed by atoms with Crippen LogP contribution in [0.5, 0.6) is 0 Å². The van der Waals surface area contributed by atoms with Crippen LogP contribution in [0, 0.1) is 0 Å². The van der Waals surface area contributed by atoms with Crippen LogP contribution >= 0.6 is 23.2 Å². The predicted octanol–water partition coefficient (Wildman–Crippen LogP) is 3.25. The number of fused-ring (bicyclic) bond motifs is 1. The largest absolute Gasteiger partial charge is 0.431 e. The van der Waals surface area contributed by atoms with Gasteiger partial charge in [-0.3, -0.25) is 4.79 Å². The molecule has 17 heavy (non-hydrogen) atoms. The summed E-state index contributed by atoms with van der Waals surface area (Å²) in [5.41, 5.74) is -2.12. The molecule has 0 aliphatic carbocycles. The molecule has 0 atom stereocenters. The van der Waals surface area contributed by atoms with E-state index in [1.165, 1.54) is 0 Å². The second-order valence-corrected chi connectivity index (χ2v) is 3.95. The highest BCUT2D eigenvalue weighted by Crippen LogP contribution is 2.29. The van der Waals surface area contributed by atoms with E-state index in [0.29, 0.717) is 6.07 Å². The lowest BCUT2D eigenvalue weighted by molar-refractivity contribution is -0.141. The zero-order chi connectivity index (χ0) is 12.8. The van der Waals surface area contributed by atoms with Gasteiger partial charge in [-0.25, -0.2) is 4.98 Å². The Morgan fingerprint density at radius 1 is 1.24 bits per heavy atom. The first-order valence-electron chi connectivity index (χ1n) is 4.25. The van der Waals surface area contributed by atoms with Crippen molar-refractivity contribution in [3.63, 3.8) is 0 Å². The van der Waals surface area contributed by atoms with Gasteiger partial charge in [0.15, 0.2) is 5.43 Å². The van der Waals surface area contributed by atoms with Crippen molar-refractivity contribution in [1.82, 2.24) is 9.97 Å². The van der Waals surface area contributed by atoms with Gasteiger partial charge < -0.3 is 4.98 Å². The summed E-state index contributed by atoms with van der Waals surface area (Å²) >= 11 is 11.2. The van der Waals surface area contributed by atoms with E-state index < -0.39 is 17.3 Å². The van der Waals surface area contributed by atoms with Gasteiger partial charge in [0.2, 0.25) is 0 Å². The monoisotopic (exact) mass is 282 g/mol. The van der Waals surface area contributed by atoms with Crippen LogP contribution in [0.15, 0.2) is 16.9 Å². The quantitative estimate of drug-likeness (QED) is 0.754. The van der Waals surface area contributed by atoms with Crippen LogP contribution in [0.3, 0.4) is 0 Å². The van der Waals surface area contributed by atoms with Crippen molar-refractivity contribution in [3.05, 3.63) is 38.4 Å². The summed E-state index contributed by atoms with van der Waals surface area (Å²) in [5.74, 6) is 0. The first kappa shape index (κ1) is 12.2. The fourth-order valence-electron chi connectivity index (χ4n) is 1.35. The van der Waals surface area contributed by atoms with Gasteiger partial charge in [-0.05, 0) is 6.07 Å². The van der Waals surface area contributed by atoms with Crippen LogP contribution in [0.25, 0.3) is 10.9 Å². The minimum Gasteiger partial charge on any atom is -0.351 e. The number of halogens is 5. The molecule has 0 unspecified atom stereocenters. The number of pyridine rings is 2. The van der Waals surface area contributed by atoms with E-state index in [9.17, 15) is 18.0 Å². The van der Waals surface area contributed by atoms with Crippen LogP contribution < -0.4 is 5.43 Å². The topological polar surface area (TPSA) is 45.8 Å². The van der Waals surface area contributed by atoms with Gasteiger partial charge >= 0.3 is 6.18 Å². The minimum atomic E-state index is -4.64. The maximum absolute atomic E-state index is 12.4. The minimum absolute atomic E-state index is 0.0996. The van der Waals surface area contributed by atoms with Crippen molar-refractivity contribution >= 4 is 34.1 Å². The maximum Gasteiger partial charge on any atom is 0.431 e. The maximum atomic E-state index is 12.4. The van der Waals surface area contributed by atoms with Gasteiger partial charge in [0.25, 0.3) is 0 Å². The molecular formula is C9H3Cl2F3N2O. The lowest BCUT2D eigenvalue weighted by Gasteiger charge is -2.08. The Balaban J connectivity index is 2.87. The number of H-pyrrole nitrogens is 1. The van der Waals surface area contributed by atoms with Crippen molar-refractivity contribution in [3.8, 4) is 0 Å². The lowest BCUT2D eigenvalue weighted by atomic mass is 10.2. The van der Waals surface area contributed by atoms with E-state index in [0.717, 1.165) is 6.07 Å². The number of aromatic nitrogens is 2. The second-order valence-electron chi connectivity index (χ2n) is 3.20. The van der Waals surface area contributed by atoms with Gasteiger partial charge in [0.05, 0.1) is 10.9 Å². The van der Waals surface area contributed by atoms with Gasteiger partial charge in [-0.1, -0.05) is 23.2 Å². The van der Waals surface area contributed by atoms with Gasteiger partial charge in [0, 0.05) is 6.07 Å². The Morgan fingerprint density at radius 2 is 1.88 bits per heavy atom. The molecule has 0 fully saturated rings. The highest BCUT2D eigenvalue weighted by Gasteiger charge is 2.32. The van der Waals surface area contributed by atoms with E-state index >= 15 is 0 Å². The SMILES string of the molecule is O=c1cc(C(F)(F)F)[nH]c2cc(Cl)nc(Cl)c12. The third-order valence-corrected chi connectivity index (χ3v) is 2.51. The van der Waals surface area contributed by atoms with Crippen molar-refractivity contribution < 1.29 is 13.2 Å². The highest BCUT2D eigenvalue weighted by molar-refractivity contribution is 6.36. The summed E-state index contributed by atoms with van der Waals surface area (Å²) in [7, 11) is 0. The molecule has 0 radical (unpaired) electrons. The zero-order valence-corrected chi connectivity index (χ0v) is 9.41. The molecule has 1 N–H and O–H groups in total. The molecule has 8 heteroatoms. The van der Waals surface area contributed by atoms with Crippen molar-refractivity contribution in [2.75, 3.05) is 0 Å². The van der Waals surface area contributed by atoms with Crippen molar-refractivity contribution in [2.45, 2.75) is 6.18 Å². The number of rotatable bonds is 0. The average Bonchev–Trinajstić information content (AvgIpc) is 2.13. The standard InChI is InChI=1S/C9H3Cl2F3N2O/c10-6-1-3-7(8(11)16-6)4(17)2-5(15-3)9(12,13)14/h1-2H,(H,15,17). The van der Waals surface area contributed by atoms with Crippen molar-refractivity contribution in [1.29, 1.82) is 0 Å². The number of hydrogen-bond donors (Lipinski definition) is 1. The molecule has 0 aliphatic rings. The molecule has 0 aliphatic heterocycles. The molecule has 0 saturated heterocycles. The fourth-order valence-corrected chi connectivity index (χ4v) is 1.88. The van der Waals surface area contributed by atoms with E-state index in [2.05, 4.69) is 9.97 Å². The summed E-state index contributed by atoms with van der Waals surface area (Å²) in [5, 5.41) is -0.455. The molecule has 90 valence electrons. The molecule has 2 aromatic heterocycles. The number of hydrogen-bond acceptors (Lipinski definition) is 2. The van der Waals surface area contributed by atoms with Crippen LogP contribution in [-0.2, 0) is 6.18 Å². The predicted molar refractivity (Wildman–Crippen MR) is 57.4 cm³/mol. The number of nitrogens with one attached hydrogen (secondary N) is 1. The van der Waals surface area contributed by atoms with Gasteiger partial charge in [0.1, 0.15) is 16.0 Å². The highest BCUT2D eigenvalue weighted by atomic mass is 35.5. The second kappa shape index (κ2) is 3.89. The Labute approximate surface area is 102 Å². The first-order valence-corrected chi connectivity index (χ1v) is 5.01. The molecule has 0 saturated carbocycles. The van der Waals surface area contributed by atoms with E-state index in [1.54, 1.807) is 0 Å². The smallest absolute Gasteiger partial charge is 0.351 e. The molecule has 0 aromatic carbocycles. The van der Waals surface area contributed by atoms with E-state index in [-0.39, 0.29) is 21.2 Å². The number of alkyl halides is 3. The third-order valence-electron chi connectivity index (χ3n) is 2.04. The van der Waals surface area contributed by atoms with Crippen LogP contribution in [-0.4, -0.2) is 9.97 Å². The molecule has 0 amide bonds. The Bertz CT molecular complexity index is 651. The molecule has 2 heterocycles. The molecule has 2 rings (SSSR count). The molecular weight excluding hydrogens is 280 g/mol. The Hall–Kier alpha value is -1.27. The zero-order valence-electron chi connectivity index (χ0n) is 7.90. The third kappa shape index (κ3) is 2.23. The summed E-state index contributed by atoms with van der Waals surface area (Å²) in [4.78, 5) is 17.1. The molecule has 2 aromatic rings. The molecule has 3 nitrogen and oxygen atoms in total. The van der Waals surface area contributed by atoms with Gasteiger partial charge in [-0.2, -0.15) is 13.2 Å². The summed E-state index contributed by atoms with van der Waals surface area (Å²) in [6, 6.07) is 1.54. The van der Waals surface area contributed by atoms with Crippen LogP contribution in [0.1, 0.15) is 5.69 Å². The Morgan fingerprint density at radius 3 is 2.47 bits per heavy atom. The fraction of sp³-hybridized carbons (Fsp3) is 0.111. The summed E-state index contributed by atoms with van der Waals surface area (Å²) in [6.07, 6.45) is -4.64. The summed E-state index contributed by atoms with van der Waals surface area (Å²) < 4.78 is 37.3. The van der Waals surface area contributed by atoms with Crippen LogP contribution in [0.4, 0.5) is 13.2 Å². The summed E-state index contributed by atoms with van der Waals surface area (Å²) in [6.45, 7) is 0.